The Balaban J connectivity index is 1.57. The molecule has 1 aromatic heterocycles. The van der Waals surface area contributed by atoms with Crippen LogP contribution in [0.4, 0.5) is 0 Å². The number of rotatable bonds is 11. The van der Waals surface area contributed by atoms with Crippen molar-refractivity contribution in [3.8, 4) is 22.6 Å². The Kier molecular flexibility index (Phi) is 9.05. The van der Waals surface area contributed by atoms with Crippen molar-refractivity contribution in [1.29, 1.82) is 0 Å². The number of aromatic nitrogens is 1. The summed E-state index contributed by atoms with van der Waals surface area (Å²) in [6.07, 6.45) is 6.94. The second-order valence-electron chi connectivity index (χ2n) is 7.73. The third kappa shape index (κ3) is 6.79. The minimum absolute atomic E-state index is 0.318. The van der Waals surface area contributed by atoms with Gasteiger partial charge in [0.2, 0.25) is 0 Å². The summed E-state index contributed by atoms with van der Waals surface area (Å²) in [7, 11) is 0. The third-order valence-electron chi connectivity index (χ3n) is 5.23. The number of thiocarbonyl (C=S) groups is 1. The fourth-order valence-electron chi connectivity index (χ4n) is 3.58. The van der Waals surface area contributed by atoms with Crippen LogP contribution < -0.4 is 14.8 Å². The predicted octanol–water partition coefficient (Wildman–Crippen LogP) is 6.22. The Bertz CT molecular complexity index is 990. The maximum atomic E-state index is 5.76. The van der Waals surface area contributed by atoms with Gasteiger partial charge >= 0.3 is 0 Å². The Morgan fingerprint density at radius 2 is 1.69 bits per heavy atom. The fraction of sp³-hybridized carbons (Fsp3) is 0.333. The second kappa shape index (κ2) is 12.2. The van der Waals surface area contributed by atoms with Crippen LogP contribution in [-0.4, -0.2) is 29.2 Å². The molecule has 1 atom stereocenters. The van der Waals surface area contributed by atoms with Crippen molar-refractivity contribution in [3.05, 3.63) is 78.1 Å². The molecular formula is C27H32N2O2S. The molecule has 3 rings (SSSR count). The SMILES string of the molecule is CCOc1ccc(-c2ccc(C(=S)NC(C)CCCc3cccnc3)cc2)cc1OCC. The first kappa shape index (κ1) is 23.7. The number of benzene rings is 2. The molecule has 4 nitrogen and oxygen atoms in total. The number of ether oxygens (including phenoxy) is 2. The van der Waals surface area contributed by atoms with Crippen molar-refractivity contribution < 1.29 is 9.47 Å². The van der Waals surface area contributed by atoms with Gasteiger partial charge in [-0.1, -0.05) is 48.6 Å². The number of pyridine rings is 1. The summed E-state index contributed by atoms with van der Waals surface area (Å²) in [5.74, 6) is 1.55. The normalized spacial score (nSPS) is 11.6. The van der Waals surface area contributed by atoms with Gasteiger partial charge in [-0.25, -0.2) is 0 Å². The van der Waals surface area contributed by atoms with E-state index in [1.54, 1.807) is 0 Å². The minimum atomic E-state index is 0.318. The summed E-state index contributed by atoms with van der Waals surface area (Å²) in [6, 6.07) is 18.8. The standard InChI is InChI=1S/C27H32N2O2S/c1-4-30-25-16-15-24(18-26(25)31-5-2)22-11-13-23(14-12-22)27(32)29-20(3)8-6-9-21-10-7-17-28-19-21/h7,10-20H,4-6,8-9H2,1-3H3,(H,29,32). The lowest BCUT2D eigenvalue weighted by Gasteiger charge is -2.16. The van der Waals surface area contributed by atoms with Crippen molar-refractivity contribution >= 4 is 17.2 Å². The van der Waals surface area contributed by atoms with Crippen LogP contribution in [0.2, 0.25) is 0 Å². The van der Waals surface area contributed by atoms with Crippen LogP contribution in [0.1, 0.15) is 44.7 Å². The lowest BCUT2D eigenvalue weighted by atomic mass is 10.0. The minimum Gasteiger partial charge on any atom is -0.490 e. The highest BCUT2D eigenvalue weighted by Crippen LogP contribution is 2.33. The average Bonchev–Trinajstić information content (AvgIpc) is 2.81. The summed E-state index contributed by atoms with van der Waals surface area (Å²) < 4.78 is 11.4. The first-order valence-electron chi connectivity index (χ1n) is 11.3. The van der Waals surface area contributed by atoms with E-state index in [4.69, 9.17) is 21.7 Å². The molecule has 0 aliphatic rings. The van der Waals surface area contributed by atoms with E-state index in [0.717, 1.165) is 52.4 Å². The van der Waals surface area contributed by atoms with Gasteiger partial charge < -0.3 is 14.8 Å². The van der Waals surface area contributed by atoms with E-state index in [1.165, 1.54) is 5.56 Å². The molecule has 168 valence electrons. The molecule has 0 aliphatic carbocycles. The molecule has 0 saturated carbocycles. The summed E-state index contributed by atoms with van der Waals surface area (Å²) in [5, 5.41) is 3.47. The summed E-state index contributed by atoms with van der Waals surface area (Å²) in [4.78, 5) is 4.96. The first-order valence-corrected chi connectivity index (χ1v) is 11.7. The van der Waals surface area contributed by atoms with Crippen LogP contribution in [0, 0.1) is 0 Å². The molecule has 5 heteroatoms. The molecule has 1 unspecified atom stereocenters. The predicted molar refractivity (Wildman–Crippen MR) is 136 cm³/mol. The fourth-order valence-corrected chi connectivity index (χ4v) is 3.92. The highest BCUT2D eigenvalue weighted by molar-refractivity contribution is 7.80. The monoisotopic (exact) mass is 448 g/mol. The van der Waals surface area contributed by atoms with Crippen molar-refractivity contribution in [2.24, 2.45) is 0 Å². The van der Waals surface area contributed by atoms with Crippen LogP contribution in [0.5, 0.6) is 11.5 Å². The highest BCUT2D eigenvalue weighted by atomic mass is 32.1. The molecular weight excluding hydrogens is 416 g/mol. The van der Waals surface area contributed by atoms with E-state index in [1.807, 2.05) is 44.4 Å². The van der Waals surface area contributed by atoms with Gasteiger partial charge in [0, 0.05) is 24.0 Å². The number of hydrogen-bond acceptors (Lipinski definition) is 4. The maximum absolute atomic E-state index is 5.76. The van der Waals surface area contributed by atoms with E-state index in [0.29, 0.717) is 19.3 Å². The summed E-state index contributed by atoms with van der Waals surface area (Å²) in [5.41, 5.74) is 4.51. The van der Waals surface area contributed by atoms with E-state index in [-0.39, 0.29) is 0 Å². The van der Waals surface area contributed by atoms with Crippen molar-refractivity contribution in [1.82, 2.24) is 10.3 Å². The van der Waals surface area contributed by atoms with Gasteiger partial charge in [0.25, 0.3) is 0 Å². The van der Waals surface area contributed by atoms with Crippen LogP contribution in [0.25, 0.3) is 11.1 Å². The molecule has 0 saturated heterocycles. The van der Waals surface area contributed by atoms with Crippen molar-refractivity contribution in [2.75, 3.05) is 13.2 Å². The molecule has 2 aromatic carbocycles. The first-order chi connectivity index (χ1) is 15.6. The van der Waals surface area contributed by atoms with E-state index < -0.39 is 0 Å². The number of nitrogens with one attached hydrogen (secondary N) is 1. The molecule has 32 heavy (non-hydrogen) atoms. The second-order valence-corrected chi connectivity index (χ2v) is 8.14. The number of aryl methyl sites for hydroxylation is 1. The average molecular weight is 449 g/mol. The molecule has 0 fully saturated rings. The van der Waals surface area contributed by atoms with Crippen LogP contribution >= 0.6 is 12.2 Å². The van der Waals surface area contributed by atoms with Crippen LogP contribution in [0.15, 0.2) is 67.0 Å². The summed E-state index contributed by atoms with van der Waals surface area (Å²) in [6.45, 7) is 7.34. The Morgan fingerprint density at radius 3 is 2.38 bits per heavy atom. The molecule has 0 aliphatic heterocycles. The van der Waals surface area contributed by atoms with Crippen molar-refractivity contribution in [3.63, 3.8) is 0 Å². The zero-order chi connectivity index (χ0) is 22.8. The molecule has 0 amide bonds. The van der Waals surface area contributed by atoms with Gasteiger partial charge in [0.1, 0.15) is 4.99 Å². The smallest absolute Gasteiger partial charge is 0.161 e. The Labute approximate surface area is 197 Å². The van der Waals surface area contributed by atoms with Crippen molar-refractivity contribution in [2.45, 2.75) is 46.1 Å². The molecule has 3 aromatic rings. The molecule has 0 bridgehead atoms. The summed E-state index contributed by atoms with van der Waals surface area (Å²) >= 11 is 5.64. The third-order valence-corrected chi connectivity index (χ3v) is 5.58. The van der Waals surface area contributed by atoms with E-state index in [2.05, 4.69) is 53.6 Å². The largest absolute Gasteiger partial charge is 0.490 e. The molecule has 1 heterocycles. The Morgan fingerprint density at radius 1 is 0.969 bits per heavy atom. The van der Waals surface area contributed by atoms with Crippen LogP contribution in [-0.2, 0) is 6.42 Å². The van der Waals surface area contributed by atoms with Gasteiger partial charge in [-0.05, 0) is 74.9 Å². The molecule has 1 N–H and O–H groups in total. The van der Waals surface area contributed by atoms with Gasteiger partial charge in [-0.2, -0.15) is 0 Å². The molecule has 0 spiro atoms. The van der Waals surface area contributed by atoms with Gasteiger partial charge in [0.15, 0.2) is 11.5 Å². The number of hydrogen-bond donors (Lipinski definition) is 1. The van der Waals surface area contributed by atoms with E-state index >= 15 is 0 Å². The number of nitrogens with zero attached hydrogens (tertiary/aromatic N) is 1. The van der Waals surface area contributed by atoms with E-state index in [9.17, 15) is 0 Å². The lowest BCUT2D eigenvalue weighted by Crippen LogP contribution is -2.31. The molecule has 0 radical (unpaired) electrons. The topological polar surface area (TPSA) is 43.4 Å². The Hall–Kier alpha value is -2.92. The maximum Gasteiger partial charge on any atom is 0.161 e. The van der Waals surface area contributed by atoms with Gasteiger partial charge in [-0.15, -0.1) is 0 Å². The zero-order valence-electron chi connectivity index (χ0n) is 19.1. The zero-order valence-corrected chi connectivity index (χ0v) is 20.0. The van der Waals surface area contributed by atoms with Gasteiger partial charge in [-0.3, -0.25) is 4.98 Å². The lowest BCUT2D eigenvalue weighted by molar-refractivity contribution is 0.288. The van der Waals surface area contributed by atoms with Gasteiger partial charge in [0.05, 0.1) is 13.2 Å². The quantitative estimate of drug-likeness (QED) is 0.353. The highest BCUT2D eigenvalue weighted by Gasteiger charge is 2.10. The van der Waals surface area contributed by atoms with Crippen LogP contribution in [0.3, 0.4) is 0 Å².